The summed E-state index contributed by atoms with van der Waals surface area (Å²) < 4.78 is 50.9. The van der Waals surface area contributed by atoms with E-state index in [2.05, 4.69) is 4.98 Å². The third kappa shape index (κ3) is 5.45. The van der Waals surface area contributed by atoms with Crippen molar-refractivity contribution < 1.29 is 32.2 Å². The molecule has 2 aliphatic heterocycles. The lowest BCUT2D eigenvalue weighted by Crippen LogP contribution is -2.38. The van der Waals surface area contributed by atoms with Gasteiger partial charge in [0.05, 0.1) is 30.4 Å². The van der Waals surface area contributed by atoms with Crippen LogP contribution in [0.4, 0.5) is 13.2 Å². The smallest absolute Gasteiger partial charge is 0.417 e. The van der Waals surface area contributed by atoms with Crippen molar-refractivity contribution in [1.29, 1.82) is 0 Å². The highest BCUT2D eigenvalue weighted by Crippen LogP contribution is 2.36. The molecule has 3 heterocycles. The second-order valence-corrected chi connectivity index (χ2v) is 10.5. The molecule has 0 saturated carbocycles. The molecule has 0 aliphatic carbocycles. The molecule has 206 valence electrons. The molecule has 0 radical (unpaired) electrons. The number of rotatable bonds is 5. The highest BCUT2D eigenvalue weighted by Gasteiger charge is 2.37. The second kappa shape index (κ2) is 10.9. The molecule has 39 heavy (non-hydrogen) atoms. The Morgan fingerprint density at radius 1 is 0.949 bits per heavy atom. The number of thiazole rings is 1. The van der Waals surface area contributed by atoms with Crippen molar-refractivity contribution in [2.75, 3.05) is 33.9 Å². The molecule has 1 saturated heterocycles. The normalized spacial score (nSPS) is 16.1. The van der Waals surface area contributed by atoms with E-state index in [-0.39, 0.29) is 17.4 Å². The lowest BCUT2D eigenvalue weighted by atomic mass is 9.96. The quantitative estimate of drug-likeness (QED) is 0.419. The number of carbonyl (C=O) groups is 2. The van der Waals surface area contributed by atoms with Gasteiger partial charge in [0.25, 0.3) is 11.8 Å². The van der Waals surface area contributed by atoms with Gasteiger partial charge >= 0.3 is 6.18 Å². The molecule has 1 aromatic heterocycles. The first-order valence-corrected chi connectivity index (χ1v) is 13.5. The van der Waals surface area contributed by atoms with Crippen LogP contribution in [0.2, 0.25) is 0 Å². The van der Waals surface area contributed by atoms with E-state index in [4.69, 9.17) is 9.47 Å². The summed E-state index contributed by atoms with van der Waals surface area (Å²) in [5.41, 5.74) is 1.26. The number of alkyl halides is 3. The van der Waals surface area contributed by atoms with Gasteiger partial charge < -0.3 is 19.3 Å². The molecule has 11 heteroatoms. The summed E-state index contributed by atoms with van der Waals surface area (Å²) in [4.78, 5) is 34.0. The number of methoxy groups -OCH3 is 2. The average molecular weight is 560 g/mol. The summed E-state index contributed by atoms with van der Waals surface area (Å²) in [5, 5.41) is 2.57. The molecule has 0 atom stereocenters. The van der Waals surface area contributed by atoms with Gasteiger partial charge in [0, 0.05) is 37.5 Å². The number of nitrogens with zero attached hydrogens (tertiary/aromatic N) is 3. The Bertz CT molecular complexity index is 1380. The zero-order valence-corrected chi connectivity index (χ0v) is 22.4. The van der Waals surface area contributed by atoms with Crippen LogP contribution in [0.3, 0.4) is 0 Å². The number of amides is 2. The van der Waals surface area contributed by atoms with Crippen LogP contribution in [0.1, 0.15) is 61.3 Å². The first-order chi connectivity index (χ1) is 18.7. The van der Waals surface area contributed by atoms with E-state index in [1.807, 2.05) is 12.1 Å². The van der Waals surface area contributed by atoms with E-state index in [1.165, 1.54) is 34.4 Å². The number of fused-ring (bicyclic) bond motifs is 1. The second-order valence-electron chi connectivity index (χ2n) is 9.63. The largest absolute Gasteiger partial charge is 0.493 e. The monoisotopic (exact) mass is 559 g/mol. The summed E-state index contributed by atoms with van der Waals surface area (Å²) >= 11 is 1.41. The molecule has 0 bridgehead atoms. The lowest BCUT2D eigenvalue weighted by Gasteiger charge is -2.32. The molecule has 2 aliphatic rings. The Labute approximate surface area is 228 Å². The summed E-state index contributed by atoms with van der Waals surface area (Å²) in [6, 6.07) is 8.74. The molecule has 7 nitrogen and oxygen atoms in total. The molecule has 2 amide bonds. The van der Waals surface area contributed by atoms with Crippen molar-refractivity contribution in [3.63, 3.8) is 0 Å². The Morgan fingerprint density at radius 2 is 1.62 bits per heavy atom. The highest BCUT2D eigenvalue weighted by atomic mass is 32.1. The fraction of sp³-hybridized carbons (Fsp3) is 0.393. The molecule has 0 unspecified atom stereocenters. The predicted octanol–water partition coefficient (Wildman–Crippen LogP) is 5.40. The van der Waals surface area contributed by atoms with Gasteiger partial charge in [-0.25, -0.2) is 4.98 Å². The van der Waals surface area contributed by atoms with Gasteiger partial charge in [0.1, 0.15) is 5.69 Å². The number of likely N-dealkylation sites (tertiary alicyclic amines) is 1. The van der Waals surface area contributed by atoms with Crippen LogP contribution in [-0.2, 0) is 19.1 Å². The molecular formula is C28H28F3N3O4S. The minimum absolute atomic E-state index is 0.0391. The molecule has 0 N–H and O–H groups in total. The van der Waals surface area contributed by atoms with Crippen molar-refractivity contribution in [1.82, 2.24) is 14.8 Å². The van der Waals surface area contributed by atoms with Crippen LogP contribution < -0.4 is 9.47 Å². The Balaban J connectivity index is 1.22. The number of ether oxygens (including phenoxy) is 2. The minimum Gasteiger partial charge on any atom is -0.493 e. The van der Waals surface area contributed by atoms with Crippen molar-refractivity contribution in [2.24, 2.45) is 0 Å². The number of piperidine rings is 1. The van der Waals surface area contributed by atoms with E-state index < -0.39 is 17.6 Å². The molecule has 5 rings (SSSR count). The molecule has 3 aromatic rings. The molecule has 1 fully saturated rings. The van der Waals surface area contributed by atoms with Crippen LogP contribution in [-0.4, -0.2) is 60.5 Å². The maximum atomic E-state index is 13.4. The van der Waals surface area contributed by atoms with Gasteiger partial charge in [0.2, 0.25) is 0 Å². The third-order valence-corrected chi connectivity index (χ3v) is 8.35. The summed E-state index contributed by atoms with van der Waals surface area (Å²) in [6.45, 7) is 1.66. The molecule has 0 spiro atoms. The molecular weight excluding hydrogens is 531 g/mol. The SMILES string of the molecule is COc1cc2c(cc1OC)CN(C(=O)c1csc(C3CCN(C(=O)c4ccccc4C(F)(F)F)CC3)n1)CC2. The van der Waals surface area contributed by atoms with Crippen LogP contribution in [0.15, 0.2) is 41.8 Å². The van der Waals surface area contributed by atoms with E-state index >= 15 is 0 Å². The summed E-state index contributed by atoms with van der Waals surface area (Å²) in [5.74, 6) is 0.563. The van der Waals surface area contributed by atoms with Gasteiger partial charge in [-0.1, -0.05) is 12.1 Å². The van der Waals surface area contributed by atoms with Gasteiger partial charge in [-0.15, -0.1) is 11.3 Å². The lowest BCUT2D eigenvalue weighted by molar-refractivity contribution is -0.138. The predicted molar refractivity (Wildman–Crippen MR) is 139 cm³/mol. The topological polar surface area (TPSA) is 72.0 Å². The summed E-state index contributed by atoms with van der Waals surface area (Å²) in [7, 11) is 3.17. The standard InChI is InChI=1S/C28H28F3N3O4S/c1-37-23-13-18-9-12-34(15-19(18)14-24(23)38-2)27(36)22-16-39-25(32-22)17-7-10-33(11-8-17)26(35)20-5-3-4-6-21(20)28(29,30)31/h3-6,13-14,16-17H,7-12,15H2,1-2H3. The number of benzene rings is 2. The highest BCUT2D eigenvalue weighted by molar-refractivity contribution is 7.09. The van der Waals surface area contributed by atoms with Gasteiger partial charge in [-0.3, -0.25) is 9.59 Å². The Hall–Kier alpha value is -3.60. The van der Waals surface area contributed by atoms with E-state index in [0.29, 0.717) is 62.6 Å². The average Bonchev–Trinajstić information content (AvgIpc) is 3.45. The van der Waals surface area contributed by atoms with Gasteiger partial charge in [0.15, 0.2) is 11.5 Å². The van der Waals surface area contributed by atoms with Crippen molar-refractivity contribution in [3.05, 3.63) is 74.7 Å². The third-order valence-electron chi connectivity index (χ3n) is 7.34. The van der Waals surface area contributed by atoms with Crippen LogP contribution in [0.25, 0.3) is 0 Å². The van der Waals surface area contributed by atoms with E-state index in [9.17, 15) is 22.8 Å². The van der Waals surface area contributed by atoms with Crippen molar-refractivity contribution in [3.8, 4) is 11.5 Å². The first kappa shape index (κ1) is 27.0. The number of hydrogen-bond donors (Lipinski definition) is 0. The van der Waals surface area contributed by atoms with E-state index in [0.717, 1.165) is 22.2 Å². The van der Waals surface area contributed by atoms with Crippen LogP contribution in [0, 0.1) is 0 Å². The number of halogens is 3. The zero-order valence-electron chi connectivity index (χ0n) is 21.6. The van der Waals surface area contributed by atoms with Crippen LogP contribution >= 0.6 is 11.3 Å². The van der Waals surface area contributed by atoms with Crippen LogP contribution in [0.5, 0.6) is 11.5 Å². The van der Waals surface area contributed by atoms with Crippen molar-refractivity contribution >= 4 is 23.2 Å². The van der Waals surface area contributed by atoms with Gasteiger partial charge in [-0.2, -0.15) is 13.2 Å². The fourth-order valence-electron chi connectivity index (χ4n) is 5.21. The van der Waals surface area contributed by atoms with Gasteiger partial charge in [-0.05, 0) is 54.7 Å². The number of carbonyl (C=O) groups excluding carboxylic acids is 2. The maximum absolute atomic E-state index is 13.4. The number of aromatic nitrogens is 1. The zero-order chi connectivity index (χ0) is 27.7. The Kier molecular flexibility index (Phi) is 7.53. The number of hydrogen-bond acceptors (Lipinski definition) is 6. The van der Waals surface area contributed by atoms with Crippen molar-refractivity contribution in [2.45, 2.75) is 37.9 Å². The minimum atomic E-state index is -4.59. The summed E-state index contributed by atoms with van der Waals surface area (Å²) in [6.07, 6.45) is -2.76. The molecule has 2 aromatic carbocycles. The fourth-order valence-corrected chi connectivity index (χ4v) is 6.17. The van der Waals surface area contributed by atoms with E-state index in [1.54, 1.807) is 24.5 Å². The first-order valence-electron chi connectivity index (χ1n) is 12.6. The Morgan fingerprint density at radius 3 is 2.28 bits per heavy atom. The maximum Gasteiger partial charge on any atom is 0.417 e.